The van der Waals surface area contributed by atoms with Crippen LogP contribution in [0.5, 0.6) is 11.5 Å². The van der Waals surface area contributed by atoms with E-state index in [0.717, 1.165) is 39.5 Å². The summed E-state index contributed by atoms with van der Waals surface area (Å²) in [5.74, 6) is 1.60. The zero-order valence-electron chi connectivity index (χ0n) is 13.4. The number of benzene rings is 1. The number of imidazole rings is 1. The maximum absolute atomic E-state index is 5.68. The highest BCUT2D eigenvalue weighted by Crippen LogP contribution is 2.35. The lowest BCUT2D eigenvalue weighted by Gasteiger charge is -2.19. The van der Waals surface area contributed by atoms with Crippen molar-refractivity contribution in [3.05, 3.63) is 67.3 Å². The molecule has 0 fully saturated rings. The molecular weight excluding hydrogens is 314 g/mol. The molecule has 0 radical (unpaired) electrons. The van der Waals surface area contributed by atoms with Crippen LogP contribution in [0.15, 0.2) is 67.3 Å². The Labute approximate surface area is 144 Å². The lowest BCUT2D eigenvalue weighted by molar-refractivity contribution is 0.171. The van der Waals surface area contributed by atoms with E-state index in [1.807, 2.05) is 42.7 Å². The number of hydrogen-bond donors (Lipinski definition) is 0. The van der Waals surface area contributed by atoms with Gasteiger partial charge in [0.05, 0.1) is 11.9 Å². The summed E-state index contributed by atoms with van der Waals surface area (Å²) in [5.41, 5.74) is 5.22. The highest BCUT2D eigenvalue weighted by molar-refractivity contribution is 5.72. The summed E-state index contributed by atoms with van der Waals surface area (Å²) < 4.78 is 13.4. The van der Waals surface area contributed by atoms with Crippen LogP contribution < -0.4 is 9.47 Å². The van der Waals surface area contributed by atoms with Crippen molar-refractivity contribution < 1.29 is 9.47 Å². The minimum absolute atomic E-state index is 0.588. The topological polar surface area (TPSA) is 48.7 Å². The maximum atomic E-state index is 5.68. The third-order valence-corrected chi connectivity index (χ3v) is 4.36. The number of nitrogens with zero attached hydrogens (tertiary/aromatic N) is 3. The maximum Gasteiger partial charge on any atom is 0.161 e. The van der Waals surface area contributed by atoms with Crippen LogP contribution in [0.25, 0.3) is 28.0 Å². The molecule has 4 heterocycles. The average molecular weight is 329 g/mol. The summed E-state index contributed by atoms with van der Waals surface area (Å²) in [5, 5.41) is 0. The standard InChI is InChI=1S/C20H15N3O2/c1-2-18-19(25-10-9-24-18)11-15(1)16-5-8-23-17(13-22-20(23)12-16)14-3-6-21-7-4-14/h1-8,11-13H,9-10H2. The largest absolute Gasteiger partial charge is 0.486 e. The van der Waals surface area contributed by atoms with Crippen molar-refractivity contribution in [3.8, 4) is 33.9 Å². The molecule has 3 aromatic heterocycles. The van der Waals surface area contributed by atoms with Gasteiger partial charge in [-0.15, -0.1) is 0 Å². The van der Waals surface area contributed by atoms with Gasteiger partial charge in [-0.2, -0.15) is 0 Å². The molecule has 0 N–H and O–H groups in total. The zero-order chi connectivity index (χ0) is 16.6. The van der Waals surface area contributed by atoms with E-state index in [-0.39, 0.29) is 0 Å². The van der Waals surface area contributed by atoms with Crippen molar-refractivity contribution in [1.82, 2.24) is 14.4 Å². The molecule has 5 heteroatoms. The number of rotatable bonds is 2. The van der Waals surface area contributed by atoms with Gasteiger partial charge in [0, 0.05) is 24.2 Å². The summed E-state index contributed by atoms with van der Waals surface area (Å²) >= 11 is 0. The van der Waals surface area contributed by atoms with Gasteiger partial charge >= 0.3 is 0 Å². The summed E-state index contributed by atoms with van der Waals surface area (Å²) in [4.78, 5) is 8.63. The Bertz CT molecular complexity index is 1060. The highest BCUT2D eigenvalue weighted by Gasteiger charge is 2.13. The Morgan fingerprint density at radius 1 is 0.800 bits per heavy atom. The third-order valence-electron chi connectivity index (χ3n) is 4.36. The summed E-state index contributed by atoms with van der Waals surface area (Å²) in [6.45, 7) is 1.19. The minimum Gasteiger partial charge on any atom is -0.486 e. The Balaban J connectivity index is 1.58. The van der Waals surface area contributed by atoms with Crippen LogP contribution in [0.1, 0.15) is 0 Å². The van der Waals surface area contributed by atoms with Crippen LogP contribution in [0.3, 0.4) is 0 Å². The monoisotopic (exact) mass is 329 g/mol. The molecule has 1 aliphatic heterocycles. The molecule has 0 amide bonds. The van der Waals surface area contributed by atoms with E-state index in [1.54, 1.807) is 12.4 Å². The number of aromatic nitrogens is 3. The van der Waals surface area contributed by atoms with Crippen LogP contribution in [0.4, 0.5) is 0 Å². The van der Waals surface area contributed by atoms with E-state index >= 15 is 0 Å². The van der Waals surface area contributed by atoms with Crippen molar-refractivity contribution in [2.75, 3.05) is 13.2 Å². The average Bonchev–Trinajstić information content (AvgIpc) is 3.11. The van der Waals surface area contributed by atoms with Gasteiger partial charge < -0.3 is 9.47 Å². The first-order valence-corrected chi connectivity index (χ1v) is 8.16. The SMILES string of the molecule is c1cc(-c2cnc3cc(-c4ccc5c(c4)OCCO5)ccn23)ccn1. The summed E-state index contributed by atoms with van der Waals surface area (Å²) in [6.07, 6.45) is 7.51. The van der Waals surface area contributed by atoms with Crippen LogP contribution in [0, 0.1) is 0 Å². The fourth-order valence-electron chi connectivity index (χ4n) is 3.12. The minimum atomic E-state index is 0.588. The van der Waals surface area contributed by atoms with Gasteiger partial charge in [-0.05, 0) is 47.5 Å². The molecule has 0 spiro atoms. The number of ether oxygens (including phenoxy) is 2. The lowest BCUT2D eigenvalue weighted by atomic mass is 10.1. The quantitative estimate of drug-likeness (QED) is 0.561. The molecule has 1 aromatic carbocycles. The van der Waals surface area contributed by atoms with E-state index in [4.69, 9.17) is 9.47 Å². The second-order valence-electron chi connectivity index (χ2n) is 5.88. The zero-order valence-corrected chi connectivity index (χ0v) is 13.4. The van der Waals surface area contributed by atoms with Crippen molar-refractivity contribution in [3.63, 3.8) is 0 Å². The van der Waals surface area contributed by atoms with Crippen LogP contribution in [0.2, 0.25) is 0 Å². The van der Waals surface area contributed by atoms with Crippen molar-refractivity contribution in [1.29, 1.82) is 0 Å². The number of fused-ring (bicyclic) bond motifs is 2. The first kappa shape index (κ1) is 14.0. The first-order valence-electron chi connectivity index (χ1n) is 8.16. The predicted molar refractivity (Wildman–Crippen MR) is 94.8 cm³/mol. The van der Waals surface area contributed by atoms with Crippen molar-refractivity contribution in [2.24, 2.45) is 0 Å². The molecule has 4 aromatic rings. The van der Waals surface area contributed by atoms with Gasteiger partial charge in [-0.25, -0.2) is 4.98 Å². The molecule has 0 atom stereocenters. The summed E-state index contributed by atoms with van der Waals surface area (Å²) in [7, 11) is 0. The smallest absolute Gasteiger partial charge is 0.161 e. The molecule has 0 aliphatic carbocycles. The van der Waals surface area contributed by atoms with E-state index in [1.165, 1.54) is 0 Å². The molecule has 25 heavy (non-hydrogen) atoms. The third kappa shape index (κ3) is 2.41. The molecule has 122 valence electrons. The fraction of sp³-hybridized carbons (Fsp3) is 0.100. The molecular formula is C20H15N3O2. The van der Waals surface area contributed by atoms with E-state index in [0.29, 0.717) is 13.2 Å². The first-order chi connectivity index (χ1) is 12.4. The summed E-state index contributed by atoms with van der Waals surface area (Å²) in [6, 6.07) is 14.2. The Morgan fingerprint density at radius 2 is 1.60 bits per heavy atom. The number of pyridine rings is 2. The molecule has 5 nitrogen and oxygen atoms in total. The van der Waals surface area contributed by atoms with Crippen LogP contribution in [-0.2, 0) is 0 Å². The predicted octanol–water partition coefficient (Wildman–Crippen LogP) is 3.83. The van der Waals surface area contributed by atoms with Crippen molar-refractivity contribution >= 4 is 5.65 Å². The normalized spacial score (nSPS) is 13.1. The van der Waals surface area contributed by atoms with Crippen molar-refractivity contribution in [2.45, 2.75) is 0 Å². The Kier molecular flexibility index (Phi) is 3.16. The molecule has 0 saturated heterocycles. The molecule has 0 bridgehead atoms. The fourth-order valence-corrected chi connectivity index (χ4v) is 3.12. The van der Waals surface area contributed by atoms with E-state index < -0.39 is 0 Å². The Morgan fingerprint density at radius 3 is 2.48 bits per heavy atom. The molecule has 0 unspecified atom stereocenters. The van der Waals surface area contributed by atoms with Gasteiger partial charge in [-0.3, -0.25) is 9.38 Å². The van der Waals surface area contributed by atoms with Gasteiger partial charge in [-0.1, -0.05) is 6.07 Å². The second kappa shape index (κ2) is 5.63. The van der Waals surface area contributed by atoms with Gasteiger partial charge in [0.1, 0.15) is 18.9 Å². The number of hydrogen-bond acceptors (Lipinski definition) is 4. The van der Waals surface area contributed by atoms with Gasteiger partial charge in [0.15, 0.2) is 11.5 Å². The molecule has 1 aliphatic rings. The molecule has 0 saturated carbocycles. The van der Waals surface area contributed by atoms with Gasteiger partial charge in [0.25, 0.3) is 0 Å². The van der Waals surface area contributed by atoms with Gasteiger partial charge in [0.2, 0.25) is 0 Å². The second-order valence-corrected chi connectivity index (χ2v) is 5.88. The Hall–Kier alpha value is -3.34. The lowest BCUT2D eigenvalue weighted by Crippen LogP contribution is -2.15. The van der Waals surface area contributed by atoms with E-state index in [2.05, 4.69) is 26.5 Å². The van der Waals surface area contributed by atoms with E-state index in [9.17, 15) is 0 Å². The van der Waals surface area contributed by atoms with Crippen LogP contribution in [-0.4, -0.2) is 27.6 Å². The van der Waals surface area contributed by atoms with Crippen LogP contribution >= 0.6 is 0 Å². The molecule has 5 rings (SSSR count). The highest BCUT2D eigenvalue weighted by atomic mass is 16.6.